The van der Waals surface area contributed by atoms with Crippen LogP contribution in [0.5, 0.6) is 0 Å². The summed E-state index contributed by atoms with van der Waals surface area (Å²) in [6, 6.07) is 44.9. The summed E-state index contributed by atoms with van der Waals surface area (Å²) in [7, 11) is 0. The first-order chi connectivity index (χ1) is 27.0. The van der Waals surface area contributed by atoms with Crippen LogP contribution in [0.25, 0.3) is 39.6 Å². The fraction of sp³-hybridized carbons (Fsp3) is 0.271. The fourth-order valence-corrected chi connectivity index (χ4v) is 11.8. The van der Waals surface area contributed by atoms with Crippen LogP contribution in [0.2, 0.25) is 0 Å². The Morgan fingerprint density at radius 3 is 1.98 bits per heavy atom. The molecule has 7 atom stereocenters. The number of benzene rings is 5. The van der Waals surface area contributed by atoms with E-state index in [-0.39, 0.29) is 11.3 Å². The average molecular weight is 783 g/mol. The van der Waals surface area contributed by atoms with E-state index in [4.69, 9.17) is 4.98 Å². The van der Waals surface area contributed by atoms with Crippen LogP contribution in [0, 0.1) is 29.1 Å². The highest BCUT2D eigenvalue weighted by Gasteiger charge is 2.69. The minimum Gasteiger partial charge on any atom is -0.587 e. The molecule has 0 N–H and O–H groups in total. The van der Waals surface area contributed by atoms with Crippen LogP contribution in [0.1, 0.15) is 68.7 Å². The van der Waals surface area contributed by atoms with Crippen molar-refractivity contribution in [2.24, 2.45) is 29.1 Å². The first-order valence-electron chi connectivity index (χ1n) is 19.9. The predicted octanol–water partition coefficient (Wildman–Crippen LogP) is 9.83. The molecular weight excluding hydrogens is 740 g/mol. The van der Waals surface area contributed by atoms with E-state index in [9.17, 15) is 0 Å². The molecule has 6 aromatic rings. The SMILES string of the molecule is C[C@@H]1[C@@H]2C3C=C3CC[C@@](C)(c3ccccc3[C@H]3c4cc([N]([Al])[Al])ccc4-c4nc(-c5ccccc5)n(-c5ccccc5)c4-c4ccc([N]([Al])[Al])cc43)[C@H](C)C12C. The van der Waals surface area contributed by atoms with Gasteiger partial charge in [-0.2, -0.15) is 0 Å². The zero-order valence-electron chi connectivity index (χ0n) is 32.5. The minimum atomic E-state index is -0.0535. The van der Waals surface area contributed by atoms with Crippen LogP contribution in [0.4, 0.5) is 11.4 Å². The van der Waals surface area contributed by atoms with E-state index in [1.165, 1.54) is 39.8 Å². The lowest BCUT2D eigenvalue weighted by molar-refractivity contribution is 0.166. The van der Waals surface area contributed by atoms with Gasteiger partial charge in [0.1, 0.15) is 5.82 Å². The van der Waals surface area contributed by atoms with Crippen molar-refractivity contribution in [1.82, 2.24) is 9.55 Å². The van der Waals surface area contributed by atoms with Crippen LogP contribution in [-0.2, 0) is 5.41 Å². The van der Waals surface area contributed by atoms with Gasteiger partial charge in [-0.25, -0.2) is 4.98 Å². The molecule has 4 aliphatic carbocycles. The lowest BCUT2D eigenvalue weighted by Gasteiger charge is -2.44. The van der Waals surface area contributed by atoms with Crippen LogP contribution in [-0.4, -0.2) is 75.6 Å². The fourth-order valence-electron chi connectivity index (χ4n) is 11.2. The topological polar surface area (TPSA) is 24.3 Å². The van der Waals surface area contributed by atoms with Crippen molar-refractivity contribution in [2.45, 2.75) is 51.9 Å². The Morgan fingerprint density at radius 2 is 1.30 bits per heavy atom. The second kappa shape index (κ2) is 13.7. The summed E-state index contributed by atoms with van der Waals surface area (Å²) in [5.74, 6) is 3.63. The van der Waals surface area contributed by atoms with Crippen molar-refractivity contribution in [1.29, 1.82) is 0 Å². The minimum absolute atomic E-state index is 0.0179. The van der Waals surface area contributed by atoms with Gasteiger partial charge in [-0.05, 0) is 111 Å². The molecule has 2 saturated carbocycles. The van der Waals surface area contributed by atoms with E-state index in [0.29, 0.717) is 11.3 Å². The first kappa shape index (κ1) is 37.1. The lowest BCUT2D eigenvalue weighted by atomic mass is 9.60. The van der Waals surface area contributed by atoms with Gasteiger partial charge in [0, 0.05) is 34.2 Å². The van der Waals surface area contributed by atoms with Gasteiger partial charge in [0.15, 0.2) is 0 Å². The summed E-state index contributed by atoms with van der Waals surface area (Å²) in [6.45, 7) is 10.3. The highest BCUT2D eigenvalue weighted by Crippen LogP contribution is 2.74. The number of anilines is 2. The number of aromatic nitrogens is 2. The highest BCUT2D eigenvalue weighted by molar-refractivity contribution is 6.42. The molecule has 2 unspecified atom stereocenters. The van der Waals surface area contributed by atoms with Crippen molar-refractivity contribution in [3.63, 3.8) is 0 Å². The van der Waals surface area contributed by atoms with E-state index in [1.807, 2.05) is 0 Å². The second-order valence-corrected chi connectivity index (χ2v) is 20.6. The molecule has 4 aliphatic rings. The molecule has 0 aliphatic heterocycles. The van der Waals surface area contributed by atoms with Crippen molar-refractivity contribution in [2.75, 3.05) is 5.73 Å². The zero-order chi connectivity index (χ0) is 38.7. The Hall–Kier alpha value is -3.22. The average Bonchev–Trinajstić information content (AvgIpc) is 4.06. The number of allylic oxidation sites excluding steroid dienone is 2. The Balaban J connectivity index is 1.29. The molecule has 1 heterocycles. The van der Waals surface area contributed by atoms with Gasteiger partial charge in [-0.3, -0.25) is 4.57 Å². The standard InChI is InChI=1S/C48H42N4.4Al/c1-28-43-38-25-31(38)23-24-47(3,29(2)48(28,43)4)41-18-12-11-17-37(41)42-39-26-32(49)19-21-35(39)44-45(36-22-20-33(50)27-40(36)42)52(34-15-9-6-10-16-34)46(51-44)30-13-7-5-8-14-30;;;;/h5-22,25-29,38,42-43H,23-24H2,1-4H3;;;;/t28-,29+,38?,42+,43-,47-,48?;;;;/m1..../s1. The summed E-state index contributed by atoms with van der Waals surface area (Å²) in [5, 5.41) is 0. The van der Waals surface area contributed by atoms with Gasteiger partial charge in [0.25, 0.3) is 66.0 Å². The Labute approximate surface area is 365 Å². The molecule has 0 bridgehead atoms. The molecule has 4 nitrogen and oxygen atoms in total. The van der Waals surface area contributed by atoms with E-state index < -0.39 is 0 Å². The number of fused-ring (bicyclic) bond motifs is 8. The maximum atomic E-state index is 5.68. The molecule has 5 aromatic carbocycles. The Bertz CT molecular complexity index is 2550. The second-order valence-electron chi connectivity index (χ2n) is 17.1. The van der Waals surface area contributed by atoms with Crippen LogP contribution >= 0.6 is 0 Å². The van der Waals surface area contributed by atoms with Gasteiger partial charge < -0.3 is 5.73 Å². The predicted molar refractivity (Wildman–Crippen MR) is 233 cm³/mol. The molecule has 0 spiro atoms. The van der Waals surface area contributed by atoms with Crippen LogP contribution in [0.15, 0.2) is 133 Å². The number of rotatable bonds is 6. The van der Waals surface area contributed by atoms with E-state index in [1.54, 1.807) is 5.57 Å². The van der Waals surface area contributed by atoms with E-state index >= 15 is 0 Å². The van der Waals surface area contributed by atoms with Crippen molar-refractivity contribution in [3.05, 3.63) is 155 Å². The van der Waals surface area contributed by atoms with Gasteiger partial charge in [0.2, 0.25) is 0 Å². The zero-order valence-corrected chi connectivity index (χ0v) is 37.1. The molecule has 8 heteroatoms. The molecule has 56 heavy (non-hydrogen) atoms. The molecular formula is C48H42Al4N4. The van der Waals surface area contributed by atoms with Gasteiger partial charge in [-0.15, -0.1) is 0 Å². The van der Waals surface area contributed by atoms with Crippen LogP contribution in [0.3, 0.4) is 0 Å². The third-order valence-electron chi connectivity index (χ3n) is 14.7. The molecule has 8 radical (unpaired) electrons. The quantitative estimate of drug-likeness (QED) is 0.124. The van der Waals surface area contributed by atoms with Crippen LogP contribution < -0.4 is 5.73 Å². The summed E-state index contributed by atoms with van der Waals surface area (Å²) < 4.78 is 6.56. The Morgan fingerprint density at radius 1 is 0.696 bits per heavy atom. The number of para-hydroxylation sites is 1. The van der Waals surface area contributed by atoms with Gasteiger partial charge >= 0.3 is 0 Å². The number of imidazole rings is 1. The molecule has 266 valence electrons. The van der Waals surface area contributed by atoms with Gasteiger partial charge in [0.05, 0.1) is 11.4 Å². The van der Waals surface area contributed by atoms with Crippen molar-refractivity contribution >= 4 is 77.4 Å². The Kier molecular flexibility index (Phi) is 9.06. The summed E-state index contributed by atoms with van der Waals surface area (Å²) in [5.41, 5.74) is 16.4. The highest BCUT2D eigenvalue weighted by atomic mass is 27.1. The maximum absolute atomic E-state index is 5.68. The third-order valence-corrected chi connectivity index (χ3v) is 15.9. The molecule has 0 amide bonds. The summed E-state index contributed by atoms with van der Waals surface area (Å²) in [4.78, 5) is 5.68. The largest absolute Gasteiger partial charge is 0.587 e. The molecule has 1 aromatic heterocycles. The summed E-state index contributed by atoms with van der Waals surface area (Å²) >= 11 is 11.4. The maximum Gasteiger partial charge on any atom is 0.277 e. The van der Waals surface area contributed by atoms with E-state index in [2.05, 4.69) is 231 Å². The lowest BCUT2D eigenvalue weighted by Crippen LogP contribution is -2.38. The number of nitrogens with zero attached hydrogens (tertiary/aromatic N) is 4. The van der Waals surface area contributed by atoms with Crippen molar-refractivity contribution < 1.29 is 0 Å². The molecule has 0 saturated heterocycles. The number of hydrogen-bond donors (Lipinski definition) is 0. The molecule has 2 fully saturated rings. The first-order valence-corrected chi connectivity index (χ1v) is 22.0. The normalized spacial score (nSPS) is 26.8. The van der Waals surface area contributed by atoms with E-state index in [0.717, 1.165) is 64.0 Å². The smallest absolute Gasteiger partial charge is 0.277 e. The third kappa shape index (κ3) is 5.61. The molecule has 10 rings (SSSR count). The monoisotopic (exact) mass is 782 g/mol. The summed E-state index contributed by atoms with van der Waals surface area (Å²) in [6.07, 6.45) is 4.95. The van der Waals surface area contributed by atoms with Gasteiger partial charge in [-0.1, -0.05) is 124 Å². The van der Waals surface area contributed by atoms with Crippen molar-refractivity contribution in [3.8, 4) is 39.6 Å². The number of hydrogen-bond acceptors (Lipinski definition) is 3.